The number of carboxylic acids is 1. The van der Waals surface area contributed by atoms with E-state index in [1.54, 1.807) is 4.90 Å². The fourth-order valence-electron chi connectivity index (χ4n) is 4.78. The standard InChI is InChI=1S/C26H30N2O5/c29-24(28-15-12-18(13-16-28)25(30)31)11-5-6-14-27-26(32)33-17-23-21-9-3-1-7-19(21)20-8-2-4-10-22(20)23/h1-4,7-10,18,23H,5-6,11-17H2,(H,27,32)(H,30,31). The summed E-state index contributed by atoms with van der Waals surface area (Å²) in [6.07, 6.45) is 2.35. The molecule has 4 rings (SSSR count). The molecular formula is C26H30N2O5. The zero-order valence-corrected chi connectivity index (χ0v) is 18.7. The van der Waals surface area contributed by atoms with Gasteiger partial charge < -0.3 is 20.1 Å². The van der Waals surface area contributed by atoms with E-state index in [0.29, 0.717) is 51.7 Å². The van der Waals surface area contributed by atoms with Gasteiger partial charge in [-0.2, -0.15) is 0 Å². The fourth-order valence-corrected chi connectivity index (χ4v) is 4.78. The number of piperidine rings is 1. The number of ether oxygens (including phenoxy) is 1. The lowest BCUT2D eigenvalue weighted by molar-refractivity contribution is -0.145. The Kier molecular flexibility index (Phi) is 7.27. The molecule has 2 amide bonds. The number of aliphatic carboxylic acids is 1. The van der Waals surface area contributed by atoms with Crippen LogP contribution in [-0.2, 0) is 14.3 Å². The molecule has 33 heavy (non-hydrogen) atoms. The number of carboxylic acid groups (broad SMARTS) is 1. The second kappa shape index (κ2) is 10.5. The molecule has 0 bridgehead atoms. The summed E-state index contributed by atoms with van der Waals surface area (Å²) in [6.45, 7) is 1.75. The highest BCUT2D eigenvalue weighted by atomic mass is 16.5. The molecule has 7 heteroatoms. The maximum absolute atomic E-state index is 12.3. The Morgan fingerprint density at radius 1 is 0.939 bits per heavy atom. The quantitative estimate of drug-likeness (QED) is 0.592. The van der Waals surface area contributed by atoms with Crippen LogP contribution in [0.5, 0.6) is 0 Å². The predicted molar refractivity (Wildman–Crippen MR) is 124 cm³/mol. The van der Waals surface area contributed by atoms with E-state index in [4.69, 9.17) is 9.84 Å². The first-order chi connectivity index (χ1) is 16.0. The Morgan fingerprint density at radius 2 is 1.55 bits per heavy atom. The minimum atomic E-state index is -0.776. The first-order valence-electron chi connectivity index (χ1n) is 11.6. The summed E-state index contributed by atoms with van der Waals surface area (Å²) >= 11 is 0. The van der Waals surface area contributed by atoms with Gasteiger partial charge in [-0.05, 0) is 47.9 Å². The number of likely N-dealkylation sites (tertiary alicyclic amines) is 1. The number of fused-ring (bicyclic) bond motifs is 3. The summed E-state index contributed by atoms with van der Waals surface area (Å²) in [4.78, 5) is 37.2. The molecule has 1 aliphatic carbocycles. The lowest BCUT2D eigenvalue weighted by Gasteiger charge is -2.30. The van der Waals surface area contributed by atoms with Crippen molar-refractivity contribution >= 4 is 18.0 Å². The lowest BCUT2D eigenvalue weighted by atomic mass is 9.97. The zero-order chi connectivity index (χ0) is 23.2. The average Bonchev–Trinajstić information content (AvgIpc) is 3.16. The summed E-state index contributed by atoms with van der Waals surface area (Å²) in [7, 11) is 0. The summed E-state index contributed by atoms with van der Waals surface area (Å²) < 4.78 is 5.52. The van der Waals surface area contributed by atoms with Gasteiger partial charge in [-0.3, -0.25) is 9.59 Å². The van der Waals surface area contributed by atoms with E-state index >= 15 is 0 Å². The molecule has 0 spiro atoms. The van der Waals surface area contributed by atoms with Crippen molar-refractivity contribution in [3.8, 4) is 11.1 Å². The van der Waals surface area contributed by atoms with Gasteiger partial charge in [0.25, 0.3) is 0 Å². The molecule has 1 heterocycles. The molecule has 0 saturated carbocycles. The van der Waals surface area contributed by atoms with Crippen LogP contribution in [0.15, 0.2) is 48.5 Å². The molecule has 0 aromatic heterocycles. The number of nitrogens with one attached hydrogen (secondary N) is 1. The number of hydrogen-bond acceptors (Lipinski definition) is 4. The molecule has 2 aliphatic rings. The number of rotatable bonds is 8. The minimum absolute atomic E-state index is 0.0334. The monoisotopic (exact) mass is 450 g/mol. The van der Waals surface area contributed by atoms with Crippen LogP contribution in [0.1, 0.15) is 49.1 Å². The molecule has 1 fully saturated rings. The number of carbonyl (C=O) groups is 3. The molecule has 7 nitrogen and oxygen atoms in total. The number of benzene rings is 2. The molecule has 0 unspecified atom stereocenters. The van der Waals surface area contributed by atoms with Gasteiger partial charge >= 0.3 is 12.1 Å². The Hall–Kier alpha value is -3.35. The van der Waals surface area contributed by atoms with Crippen LogP contribution in [0.2, 0.25) is 0 Å². The average molecular weight is 451 g/mol. The Labute approximate surface area is 193 Å². The van der Waals surface area contributed by atoms with E-state index in [0.717, 1.165) is 0 Å². The first kappa shape index (κ1) is 22.8. The summed E-state index contributed by atoms with van der Waals surface area (Å²) in [5.74, 6) is -1.03. The Morgan fingerprint density at radius 3 is 2.15 bits per heavy atom. The van der Waals surface area contributed by atoms with Crippen LogP contribution in [0.4, 0.5) is 4.79 Å². The van der Waals surface area contributed by atoms with Gasteiger partial charge in [-0.25, -0.2) is 4.79 Å². The Bertz CT molecular complexity index is 968. The van der Waals surface area contributed by atoms with Crippen molar-refractivity contribution in [2.45, 2.75) is 38.0 Å². The van der Waals surface area contributed by atoms with Gasteiger partial charge in [-0.15, -0.1) is 0 Å². The highest BCUT2D eigenvalue weighted by molar-refractivity contribution is 5.79. The van der Waals surface area contributed by atoms with Crippen molar-refractivity contribution in [2.75, 3.05) is 26.2 Å². The highest BCUT2D eigenvalue weighted by Crippen LogP contribution is 2.44. The van der Waals surface area contributed by atoms with Crippen LogP contribution < -0.4 is 5.32 Å². The maximum atomic E-state index is 12.3. The normalized spacial score (nSPS) is 15.6. The number of carbonyl (C=O) groups excluding carboxylic acids is 2. The third kappa shape index (κ3) is 5.35. The van der Waals surface area contributed by atoms with E-state index in [1.807, 2.05) is 24.3 Å². The second-order valence-electron chi connectivity index (χ2n) is 8.70. The van der Waals surface area contributed by atoms with E-state index in [-0.39, 0.29) is 24.3 Å². The summed E-state index contributed by atoms with van der Waals surface area (Å²) in [5, 5.41) is 11.8. The van der Waals surface area contributed by atoms with Crippen molar-refractivity contribution in [1.82, 2.24) is 10.2 Å². The largest absolute Gasteiger partial charge is 0.481 e. The third-order valence-electron chi connectivity index (χ3n) is 6.63. The number of unbranched alkanes of at least 4 members (excludes halogenated alkanes) is 1. The topological polar surface area (TPSA) is 95.9 Å². The highest BCUT2D eigenvalue weighted by Gasteiger charge is 2.29. The molecule has 174 valence electrons. The fraction of sp³-hybridized carbons (Fsp3) is 0.423. The number of nitrogens with zero attached hydrogens (tertiary/aromatic N) is 1. The van der Waals surface area contributed by atoms with Crippen molar-refractivity contribution in [1.29, 1.82) is 0 Å². The third-order valence-corrected chi connectivity index (χ3v) is 6.63. The van der Waals surface area contributed by atoms with Crippen LogP contribution >= 0.6 is 0 Å². The molecular weight excluding hydrogens is 420 g/mol. The Balaban J connectivity index is 1.15. The molecule has 0 radical (unpaired) electrons. The van der Waals surface area contributed by atoms with Crippen molar-refractivity contribution in [2.24, 2.45) is 5.92 Å². The van der Waals surface area contributed by atoms with Gasteiger partial charge in [0.05, 0.1) is 5.92 Å². The number of amides is 2. The van der Waals surface area contributed by atoms with E-state index in [1.165, 1.54) is 22.3 Å². The van der Waals surface area contributed by atoms with Crippen LogP contribution in [0.3, 0.4) is 0 Å². The van der Waals surface area contributed by atoms with Crippen LogP contribution in [-0.4, -0.2) is 54.2 Å². The van der Waals surface area contributed by atoms with Gasteiger partial charge in [0.2, 0.25) is 5.91 Å². The first-order valence-corrected chi connectivity index (χ1v) is 11.6. The summed E-state index contributed by atoms with van der Waals surface area (Å²) in [6, 6.07) is 16.4. The predicted octanol–water partition coefficient (Wildman–Crippen LogP) is 4.02. The molecule has 0 atom stereocenters. The molecule has 2 aromatic carbocycles. The molecule has 2 aromatic rings. The smallest absolute Gasteiger partial charge is 0.407 e. The molecule has 1 aliphatic heterocycles. The van der Waals surface area contributed by atoms with Gasteiger partial charge in [0, 0.05) is 32.0 Å². The van der Waals surface area contributed by atoms with Crippen molar-refractivity contribution in [3.63, 3.8) is 0 Å². The zero-order valence-electron chi connectivity index (χ0n) is 18.7. The van der Waals surface area contributed by atoms with Crippen LogP contribution in [0, 0.1) is 5.92 Å². The molecule has 2 N–H and O–H groups in total. The summed E-state index contributed by atoms with van der Waals surface area (Å²) in [5.41, 5.74) is 4.74. The van der Waals surface area contributed by atoms with Gasteiger partial charge in [0.15, 0.2) is 0 Å². The second-order valence-corrected chi connectivity index (χ2v) is 8.70. The number of hydrogen-bond donors (Lipinski definition) is 2. The van der Waals surface area contributed by atoms with E-state index < -0.39 is 12.1 Å². The maximum Gasteiger partial charge on any atom is 0.407 e. The van der Waals surface area contributed by atoms with Crippen molar-refractivity contribution in [3.05, 3.63) is 59.7 Å². The van der Waals surface area contributed by atoms with E-state index in [9.17, 15) is 14.4 Å². The van der Waals surface area contributed by atoms with Gasteiger partial charge in [-0.1, -0.05) is 48.5 Å². The van der Waals surface area contributed by atoms with E-state index in [2.05, 4.69) is 29.6 Å². The SMILES string of the molecule is O=C(NCCCCC(=O)N1CCC(C(=O)O)CC1)OCC1c2ccccc2-c2ccccc21. The number of alkyl carbamates (subject to hydrolysis) is 1. The van der Waals surface area contributed by atoms with Crippen molar-refractivity contribution < 1.29 is 24.2 Å². The minimum Gasteiger partial charge on any atom is -0.481 e. The lowest BCUT2D eigenvalue weighted by Crippen LogP contribution is -2.40. The van der Waals surface area contributed by atoms with Gasteiger partial charge in [0.1, 0.15) is 6.61 Å². The molecule has 1 saturated heterocycles. The van der Waals surface area contributed by atoms with Crippen LogP contribution in [0.25, 0.3) is 11.1 Å².